The van der Waals surface area contributed by atoms with Gasteiger partial charge >= 0.3 is 0 Å². The molecule has 4 heteroatoms. The molecule has 0 amide bonds. The predicted molar refractivity (Wildman–Crippen MR) is 49.0 cm³/mol. The van der Waals surface area contributed by atoms with E-state index in [4.69, 9.17) is 5.73 Å². The Hall–Kier alpha value is -0.250. The van der Waals surface area contributed by atoms with E-state index >= 15 is 0 Å². The molecule has 1 heterocycles. The molecule has 0 aromatic heterocycles. The van der Waals surface area contributed by atoms with Crippen molar-refractivity contribution in [2.75, 3.05) is 0 Å². The minimum atomic E-state index is -0.0331. The van der Waals surface area contributed by atoms with Crippen molar-refractivity contribution < 1.29 is 0 Å². The lowest BCUT2D eigenvalue weighted by atomic mass is 9.92. The van der Waals surface area contributed by atoms with Crippen LogP contribution in [0.4, 0.5) is 0 Å². The van der Waals surface area contributed by atoms with Crippen molar-refractivity contribution in [3.63, 3.8) is 0 Å². The third-order valence-corrected chi connectivity index (χ3v) is 1.53. The summed E-state index contributed by atoms with van der Waals surface area (Å²) in [5.74, 6) is 0. The van der Waals surface area contributed by atoms with Gasteiger partial charge < -0.3 is 11.2 Å². The number of hydrogen-bond donors (Lipinski definition) is 3. The van der Waals surface area contributed by atoms with E-state index in [2.05, 4.69) is 31.6 Å². The molecule has 1 aliphatic rings. The Balaban J connectivity index is 0.000001000. The van der Waals surface area contributed by atoms with Crippen LogP contribution < -0.4 is 16.6 Å². The fourth-order valence-corrected chi connectivity index (χ4v) is 0.861. The first kappa shape index (κ1) is 10.8. The summed E-state index contributed by atoms with van der Waals surface area (Å²) in [4.78, 5) is 0. The SMILES string of the molecule is CC(C)(C)C1=CC(N)NN1.Cl. The molecule has 1 rings (SSSR count). The number of hydrazine groups is 1. The Morgan fingerprint density at radius 1 is 1.45 bits per heavy atom. The van der Waals surface area contributed by atoms with Crippen molar-refractivity contribution in [1.82, 2.24) is 10.9 Å². The summed E-state index contributed by atoms with van der Waals surface area (Å²) in [6.07, 6.45) is 1.97. The second-order valence-electron chi connectivity index (χ2n) is 3.63. The Labute approximate surface area is 73.8 Å². The van der Waals surface area contributed by atoms with Crippen molar-refractivity contribution in [2.45, 2.75) is 26.9 Å². The maximum atomic E-state index is 5.57. The van der Waals surface area contributed by atoms with Gasteiger partial charge in [-0.2, -0.15) is 0 Å². The summed E-state index contributed by atoms with van der Waals surface area (Å²) in [6.45, 7) is 6.43. The maximum absolute atomic E-state index is 5.57. The Morgan fingerprint density at radius 3 is 2.18 bits per heavy atom. The third-order valence-electron chi connectivity index (χ3n) is 1.53. The second-order valence-corrected chi connectivity index (χ2v) is 3.63. The van der Waals surface area contributed by atoms with Gasteiger partial charge in [0.25, 0.3) is 0 Å². The van der Waals surface area contributed by atoms with E-state index in [0.29, 0.717) is 0 Å². The van der Waals surface area contributed by atoms with Crippen molar-refractivity contribution in [3.8, 4) is 0 Å². The van der Waals surface area contributed by atoms with Crippen LogP contribution in [0.3, 0.4) is 0 Å². The van der Waals surface area contributed by atoms with Crippen LogP contribution in [-0.2, 0) is 0 Å². The lowest BCUT2D eigenvalue weighted by molar-refractivity contribution is 0.447. The predicted octanol–water partition coefficient (Wildman–Crippen LogP) is 0.731. The summed E-state index contributed by atoms with van der Waals surface area (Å²) >= 11 is 0. The van der Waals surface area contributed by atoms with Gasteiger partial charge in [-0.05, 0) is 6.08 Å². The Morgan fingerprint density at radius 2 is 2.00 bits per heavy atom. The smallest absolute Gasteiger partial charge is 0.0932 e. The first-order chi connectivity index (χ1) is 4.50. The van der Waals surface area contributed by atoms with E-state index in [-0.39, 0.29) is 24.0 Å². The maximum Gasteiger partial charge on any atom is 0.0932 e. The third kappa shape index (κ3) is 2.69. The minimum Gasteiger partial charge on any atom is -0.324 e. The second kappa shape index (κ2) is 3.43. The topological polar surface area (TPSA) is 50.1 Å². The molecule has 0 aliphatic carbocycles. The van der Waals surface area contributed by atoms with E-state index in [1.165, 1.54) is 5.70 Å². The zero-order valence-electron chi connectivity index (χ0n) is 7.14. The van der Waals surface area contributed by atoms with E-state index in [0.717, 1.165) is 0 Å². The highest BCUT2D eigenvalue weighted by atomic mass is 35.5. The molecular weight excluding hydrogens is 162 g/mol. The highest BCUT2D eigenvalue weighted by Gasteiger charge is 2.21. The zero-order valence-corrected chi connectivity index (χ0v) is 7.96. The fraction of sp³-hybridized carbons (Fsp3) is 0.714. The molecule has 0 saturated carbocycles. The van der Waals surface area contributed by atoms with Gasteiger partial charge in [0.05, 0.1) is 6.17 Å². The highest BCUT2D eigenvalue weighted by Crippen LogP contribution is 2.23. The summed E-state index contributed by atoms with van der Waals surface area (Å²) in [5, 5.41) is 0. The number of halogens is 1. The number of rotatable bonds is 0. The van der Waals surface area contributed by atoms with E-state index in [1.54, 1.807) is 0 Å². The molecule has 3 nitrogen and oxygen atoms in total. The van der Waals surface area contributed by atoms with Gasteiger partial charge in [0.1, 0.15) is 0 Å². The Bertz CT molecular complexity index is 160. The largest absolute Gasteiger partial charge is 0.324 e. The van der Waals surface area contributed by atoms with Crippen LogP contribution in [-0.4, -0.2) is 6.17 Å². The molecule has 0 spiro atoms. The summed E-state index contributed by atoms with van der Waals surface area (Å²) < 4.78 is 0. The monoisotopic (exact) mass is 177 g/mol. The van der Waals surface area contributed by atoms with Crippen LogP contribution >= 0.6 is 12.4 Å². The molecule has 11 heavy (non-hydrogen) atoms. The number of hydrogen-bond acceptors (Lipinski definition) is 3. The van der Waals surface area contributed by atoms with Crippen molar-refractivity contribution in [2.24, 2.45) is 11.1 Å². The van der Waals surface area contributed by atoms with E-state index in [9.17, 15) is 0 Å². The highest BCUT2D eigenvalue weighted by molar-refractivity contribution is 5.85. The van der Waals surface area contributed by atoms with Gasteiger partial charge in [-0.25, -0.2) is 5.43 Å². The molecule has 0 saturated heterocycles. The number of nitrogens with two attached hydrogens (primary N) is 1. The normalized spacial score (nSPS) is 23.6. The molecule has 1 atom stereocenters. The van der Waals surface area contributed by atoms with Gasteiger partial charge in [0.2, 0.25) is 0 Å². The lowest BCUT2D eigenvalue weighted by Crippen LogP contribution is -2.38. The molecule has 1 aliphatic heterocycles. The quantitative estimate of drug-likeness (QED) is 0.512. The van der Waals surface area contributed by atoms with Crippen LogP contribution in [0.15, 0.2) is 11.8 Å². The number of nitrogens with one attached hydrogen (secondary N) is 2. The number of allylic oxidation sites excluding steroid dienone is 1. The molecular formula is C7H16ClN3. The van der Waals surface area contributed by atoms with Gasteiger partial charge in [-0.1, -0.05) is 20.8 Å². The fourth-order valence-electron chi connectivity index (χ4n) is 0.861. The van der Waals surface area contributed by atoms with Crippen LogP contribution in [0, 0.1) is 5.41 Å². The van der Waals surface area contributed by atoms with Crippen LogP contribution in [0.2, 0.25) is 0 Å². The van der Waals surface area contributed by atoms with E-state index in [1.807, 2.05) is 6.08 Å². The zero-order chi connectivity index (χ0) is 7.78. The molecule has 0 bridgehead atoms. The Kier molecular flexibility index (Phi) is 3.35. The standard InChI is InChI=1S/C7H15N3.ClH/c1-7(2,3)5-4-6(8)10-9-5;/h4,6,9-10H,8H2,1-3H3;1H. The molecule has 0 aromatic carbocycles. The van der Waals surface area contributed by atoms with E-state index < -0.39 is 0 Å². The van der Waals surface area contributed by atoms with Crippen molar-refractivity contribution in [3.05, 3.63) is 11.8 Å². The van der Waals surface area contributed by atoms with Gasteiger partial charge in [-0.3, -0.25) is 0 Å². The molecule has 0 radical (unpaired) electrons. The molecule has 0 aromatic rings. The van der Waals surface area contributed by atoms with Crippen molar-refractivity contribution >= 4 is 12.4 Å². The molecule has 1 unspecified atom stereocenters. The van der Waals surface area contributed by atoms with Crippen LogP contribution in [0.5, 0.6) is 0 Å². The first-order valence-corrected chi connectivity index (χ1v) is 3.49. The van der Waals surface area contributed by atoms with Crippen LogP contribution in [0.1, 0.15) is 20.8 Å². The summed E-state index contributed by atoms with van der Waals surface area (Å²) in [5.41, 5.74) is 12.8. The van der Waals surface area contributed by atoms with Gasteiger partial charge in [0.15, 0.2) is 0 Å². The summed E-state index contributed by atoms with van der Waals surface area (Å²) in [7, 11) is 0. The molecule has 0 fully saturated rings. The average molecular weight is 178 g/mol. The molecule has 66 valence electrons. The van der Waals surface area contributed by atoms with Crippen LogP contribution in [0.25, 0.3) is 0 Å². The minimum absolute atomic E-state index is 0. The average Bonchev–Trinajstić information content (AvgIpc) is 2.11. The summed E-state index contributed by atoms with van der Waals surface area (Å²) in [6, 6.07) is 0. The van der Waals surface area contributed by atoms with Gasteiger partial charge in [-0.15, -0.1) is 12.4 Å². The lowest BCUT2D eigenvalue weighted by Gasteiger charge is -2.19. The van der Waals surface area contributed by atoms with Crippen molar-refractivity contribution in [1.29, 1.82) is 0 Å². The first-order valence-electron chi connectivity index (χ1n) is 3.49. The van der Waals surface area contributed by atoms with Gasteiger partial charge in [0, 0.05) is 11.1 Å². The molecule has 4 N–H and O–H groups in total.